The van der Waals surface area contributed by atoms with Crippen molar-refractivity contribution >= 4 is 17.3 Å². The molecule has 0 radical (unpaired) electrons. The van der Waals surface area contributed by atoms with Crippen LogP contribution in [-0.4, -0.2) is 43.2 Å². The number of anilines is 1. The number of hydrogen-bond donors (Lipinski definition) is 1. The molecule has 2 heterocycles. The average Bonchev–Trinajstić information content (AvgIpc) is 3.21. The van der Waals surface area contributed by atoms with Crippen LogP contribution in [-0.2, 0) is 6.54 Å². The fourth-order valence-corrected chi connectivity index (χ4v) is 3.89. The number of halogens is 1. The second-order valence-electron chi connectivity index (χ2n) is 6.71. The van der Waals surface area contributed by atoms with Crippen LogP contribution in [0, 0.1) is 0 Å². The first-order valence-electron chi connectivity index (χ1n) is 8.30. The van der Waals surface area contributed by atoms with Crippen molar-refractivity contribution in [2.24, 2.45) is 0 Å². The highest BCUT2D eigenvalue weighted by atomic mass is 35.5. The summed E-state index contributed by atoms with van der Waals surface area (Å²) < 4.78 is 0. The minimum absolute atomic E-state index is 0.733. The van der Waals surface area contributed by atoms with Crippen molar-refractivity contribution in [1.29, 1.82) is 0 Å². The molecular weight excluding hydrogens is 282 g/mol. The standard InChI is InChI=1S/C17H24ClN3/c18-17-10-15(6-3-13(17)11-19-14-4-5-14)21-9-8-20-7-1-2-16(20)12-21/h3,6,10,14,16,19H,1-2,4-5,7-9,11-12H2. The number of piperazine rings is 1. The molecular formula is C17H24ClN3. The number of hydrogen-bond acceptors (Lipinski definition) is 3. The third-order valence-electron chi connectivity index (χ3n) is 5.15. The van der Waals surface area contributed by atoms with Crippen molar-refractivity contribution in [3.05, 3.63) is 28.8 Å². The van der Waals surface area contributed by atoms with Gasteiger partial charge in [-0.1, -0.05) is 17.7 Å². The van der Waals surface area contributed by atoms with Crippen molar-refractivity contribution in [3.8, 4) is 0 Å². The number of benzene rings is 1. The van der Waals surface area contributed by atoms with Gasteiger partial charge < -0.3 is 10.2 Å². The van der Waals surface area contributed by atoms with Crippen LogP contribution in [0.25, 0.3) is 0 Å². The highest BCUT2D eigenvalue weighted by molar-refractivity contribution is 6.31. The first-order chi connectivity index (χ1) is 10.3. The zero-order chi connectivity index (χ0) is 14.2. The normalized spacial score (nSPS) is 26.1. The molecule has 1 aliphatic carbocycles. The van der Waals surface area contributed by atoms with E-state index in [-0.39, 0.29) is 0 Å². The molecule has 1 aromatic carbocycles. The van der Waals surface area contributed by atoms with Crippen LogP contribution in [0.3, 0.4) is 0 Å². The molecule has 4 heteroatoms. The lowest BCUT2D eigenvalue weighted by molar-refractivity contribution is 0.231. The third kappa shape index (κ3) is 3.05. The number of nitrogens with zero attached hydrogens (tertiary/aromatic N) is 2. The Labute approximate surface area is 132 Å². The molecule has 3 fully saturated rings. The molecule has 1 aromatic rings. The van der Waals surface area contributed by atoms with Crippen molar-refractivity contribution in [3.63, 3.8) is 0 Å². The summed E-state index contributed by atoms with van der Waals surface area (Å²) in [4.78, 5) is 5.16. The Hall–Kier alpha value is -0.770. The van der Waals surface area contributed by atoms with Gasteiger partial charge in [-0.25, -0.2) is 0 Å². The van der Waals surface area contributed by atoms with Crippen molar-refractivity contribution < 1.29 is 0 Å². The molecule has 1 N–H and O–H groups in total. The zero-order valence-corrected chi connectivity index (χ0v) is 13.3. The van der Waals surface area contributed by atoms with Crippen LogP contribution < -0.4 is 10.2 Å². The van der Waals surface area contributed by atoms with Crippen LogP contribution in [0.1, 0.15) is 31.2 Å². The van der Waals surface area contributed by atoms with E-state index >= 15 is 0 Å². The smallest absolute Gasteiger partial charge is 0.0471 e. The van der Waals surface area contributed by atoms with Gasteiger partial charge in [0.1, 0.15) is 0 Å². The fourth-order valence-electron chi connectivity index (χ4n) is 3.64. The average molecular weight is 306 g/mol. The van der Waals surface area contributed by atoms with E-state index < -0.39 is 0 Å². The van der Waals surface area contributed by atoms with Gasteiger partial charge >= 0.3 is 0 Å². The van der Waals surface area contributed by atoms with E-state index in [0.29, 0.717) is 0 Å². The van der Waals surface area contributed by atoms with E-state index in [1.54, 1.807) is 0 Å². The molecule has 3 nitrogen and oxygen atoms in total. The molecule has 114 valence electrons. The summed E-state index contributed by atoms with van der Waals surface area (Å²) in [7, 11) is 0. The predicted octanol–water partition coefficient (Wildman–Crippen LogP) is 2.88. The molecule has 0 aromatic heterocycles. The molecule has 1 atom stereocenters. The second kappa shape index (κ2) is 5.79. The summed E-state index contributed by atoms with van der Waals surface area (Å²) in [6.07, 6.45) is 5.36. The molecule has 0 amide bonds. The molecule has 1 saturated carbocycles. The number of fused-ring (bicyclic) bond motifs is 1. The second-order valence-corrected chi connectivity index (χ2v) is 7.12. The molecule has 0 bridgehead atoms. The predicted molar refractivity (Wildman–Crippen MR) is 88.1 cm³/mol. The lowest BCUT2D eigenvalue weighted by Crippen LogP contribution is -2.50. The van der Waals surface area contributed by atoms with Gasteiger partial charge in [0.2, 0.25) is 0 Å². The highest BCUT2D eigenvalue weighted by Gasteiger charge is 2.30. The van der Waals surface area contributed by atoms with Crippen LogP contribution in [0.4, 0.5) is 5.69 Å². The number of nitrogens with one attached hydrogen (secondary N) is 1. The SMILES string of the molecule is Clc1cc(N2CCN3CCCC3C2)ccc1CNC1CC1. The fraction of sp³-hybridized carbons (Fsp3) is 0.647. The first kappa shape index (κ1) is 13.9. The topological polar surface area (TPSA) is 18.5 Å². The van der Waals surface area contributed by atoms with Gasteiger partial charge in [0.15, 0.2) is 0 Å². The summed E-state index contributed by atoms with van der Waals surface area (Å²) in [5, 5.41) is 4.45. The molecule has 1 unspecified atom stereocenters. The van der Waals surface area contributed by atoms with Gasteiger partial charge in [0.05, 0.1) is 0 Å². The molecule has 2 saturated heterocycles. The van der Waals surface area contributed by atoms with E-state index in [4.69, 9.17) is 11.6 Å². The van der Waals surface area contributed by atoms with Gasteiger partial charge in [-0.2, -0.15) is 0 Å². The lowest BCUT2D eigenvalue weighted by Gasteiger charge is -2.39. The van der Waals surface area contributed by atoms with Gasteiger partial charge in [0.25, 0.3) is 0 Å². The maximum absolute atomic E-state index is 6.49. The summed E-state index contributed by atoms with van der Waals surface area (Å²) >= 11 is 6.49. The van der Waals surface area contributed by atoms with Crippen LogP contribution in [0.15, 0.2) is 18.2 Å². The van der Waals surface area contributed by atoms with Crippen molar-refractivity contribution in [1.82, 2.24) is 10.2 Å². The maximum Gasteiger partial charge on any atom is 0.0471 e. The Morgan fingerprint density at radius 1 is 1.14 bits per heavy atom. The summed E-state index contributed by atoms with van der Waals surface area (Å²) in [5.41, 5.74) is 2.52. The Kier molecular flexibility index (Phi) is 3.82. The van der Waals surface area contributed by atoms with E-state index in [1.807, 2.05) is 0 Å². The van der Waals surface area contributed by atoms with E-state index in [0.717, 1.165) is 36.7 Å². The van der Waals surface area contributed by atoms with Crippen LogP contribution >= 0.6 is 11.6 Å². The quantitative estimate of drug-likeness (QED) is 0.923. The van der Waals surface area contributed by atoms with Gasteiger partial charge in [-0.15, -0.1) is 0 Å². The molecule has 2 aliphatic heterocycles. The van der Waals surface area contributed by atoms with E-state index in [1.165, 1.54) is 50.0 Å². The molecule has 3 aliphatic rings. The van der Waals surface area contributed by atoms with E-state index in [9.17, 15) is 0 Å². The lowest BCUT2D eigenvalue weighted by atomic mass is 10.1. The van der Waals surface area contributed by atoms with Gasteiger partial charge in [-0.05, 0) is 49.9 Å². The van der Waals surface area contributed by atoms with Gasteiger partial charge in [-0.3, -0.25) is 4.90 Å². The first-order valence-corrected chi connectivity index (χ1v) is 8.68. The van der Waals surface area contributed by atoms with Crippen molar-refractivity contribution in [2.75, 3.05) is 31.1 Å². The van der Waals surface area contributed by atoms with Gasteiger partial charge in [0, 0.05) is 49.0 Å². The zero-order valence-electron chi connectivity index (χ0n) is 12.5. The Bertz CT molecular complexity index is 515. The monoisotopic (exact) mass is 305 g/mol. The van der Waals surface area contributed by atoms with E-state index in [2.05, 4.69) is 33.3 Å². The van der Waals surface area contributed by atoms with Crippen LogP contribution in [0.2, 0.25) is 5.02 Å². The molecule has 0 spiro atoms. The number of rotatable bonds is 4. The third-order valence-corrected chi connectivity index (χ3v) is 5.50. The highest BCUT2D eigenvalue weighted by Crippen LogP contribution is 2.29. The Morgan fingerprint density at radius 2 is 2.05 bits per heavy atom. The summed E-state index contributed by atoms with van der Waals surface area (Å²) in [5.74, 6) is 0. The maximum atomic E-state index is 6.49. The minimum atomic E-state index is 0.733. The molecule has 4 rings (SSSR count). The largest absolute Gasteiger partial charge is 0.369 e. The molecule has 21 heavy (non-hydrogen) atoms. The summed E-state index contributed by atoms with van der Waals surface area (Å²) in [6.45, 7) is 5.70. The minimum Gasteiger partial charge on any atom is -0.369 e. The Morgan fingerprint density at radius 3 is 2.86 bits per heavy atom. The summed E-state index contributed by atoms with van der Waals surface area (Å²) in [6, 6.07) is 8.11. The van der Waals surface area contributed by atoms with Crippen molar-refractivity contribution in [2.45, 2.75) is 44.3 Å². The van der Waals surface area contributed by atoms with Crippen LogP contribution in [0.5, 0.6) is 0 Å². The Balaban J connectivity index is 1.43.